The summed E-state index contributed by atoms with van der Waals surface area (Å²) in [4.78, 5) is 2.86. The van der Waals surface area contributed by atoms with E-state index in [9.17, 15) is 0 Å². The molecule has 0 bridgehead atoms. The molecule has 0 spiro atoms. The minimum Gasteiger partial charge on any atom is -0.377 e. The number of rotatable bonds is 10. The smallest absolute Gasteiger partial charge is 0.0716 e. The Morgan fingerprint density at radius 1 is 1.25 bits per heavy atom. The molecule has 0 aliphatic rings. The van der Waals surface area contributed by atoms with Gasteiger partial charge in [0.05, 0.1) is 6.61 Å². The summed E-state index contributed by atoms with van der Waals surface area (Å²) in [5, 5.41) is 3.71. The zero-order chi connectivity index (χ0) is 14.6. The van der Waals surface area contributed by atoms with E-state index in [4.69, 9.17) is 10.3 Å². The van der Waals surface area contributed by atoms with Crippen molar-refractivity contribution in [2.24, 2.45) is 17.0 Å². The largest absolute Gasteiger partial charge is 0.377 e. The Morgan fingerprint density at radius 2 is 2.00 bits per heavy atom. The fraction of sp³-hybridized carbons (Fsp3) is 0.625. The van der Waals surface area contributed by atoms with Gasteiger partial charge in [-0.2, -0.15) is 0 Å². The number of nitrogens with zero attached hydrogens (tertiary/aromatic N) is 3. The second-order valence-electron chi connectivity index (χ2n) is 5.59. The van der Waals surface area contributed by atoms with Crippen molar-refractivity contribution in [2.45, 2.75) is 39.7 Å². The van der Waals surface area contributed by atoms with Crippen LogP contribution in [0, 0.1) is 11.8 Å². The molecule has 0 aliphatic carbocycles. The average molecular weight is 275 g/mol. The van der Waals surface area contributed by atoms with Gasteiger partial charge in [0.2, 0.25) is 0 Å². The quantitative estimate of drug-likeness (QED) is 0.258. The first-order valence-electron chi connectivity index (χ1n) is 7.35. The second-order valence-corrected chi connectivity index (χ2v) is 5.59. The Balaban J connectivity index is 2.17. The van der Waals surface area contributed by atoms with Gasteiger partial charge in [0.15, 0.2) is 0 Å². The van der Waals surface area contributed by atoms with Crippen LogP contribution >= 0.6 is 0 Å². The van der Waals surface area contributed by atoms with Gasteiger partial charge in [-0.1, -0.05) is 49.3 Å². The van der Waals surface area contributed by atoms with Crippen molar-refractivity contribution in [3.63, 3.8) is 0 Å². The SMILES string of the molecule is CC(C)C[C@H](CCCOCc1ccccc1)CN=[N+]=[N-]. The lowest BCUT2D eigenvalue weighted by Crippen LogP contribution is -2.09. The molecule has 0 saturated heterocycles. The molecular formula is C16H25N3O. The lowest BCUT2D eigenvalue weighted by Gasteiger charge is -2.16. The molecule has 0 N–H and O–H groups in total. The highest BCUT2D eigenvalue weighted by molar-refractivity contribution is 5.13. The van der Waals surface area contributed by atoms with Crippen LogP contribution in [-0.2, 0) is 11.3 Å². The van der Waals surface area contributed by atoms with E-state index < -0.39 is 0 Å². The molecule has 0 saturated carbocycles. The molecule has 1 aromatic carbocycles. The molecule has 0 aliphatic heterocycles. The van der Waals surface area contributed by atoms with Crippen LogP contribution in [0.3, 0.4) is 0 Å². The van der Waals surface area contributed by atoms with Gasteiger partial charge in [0.25, 0.3) is 0 Å². The summed E-state index contributed by atoms with van der Waals surface area (Å²) in [6.07, 6.45) is 3.19. The number of benzene rings is 1. The van der Waals surface area contributed by atoms with Crippen LogP contribution < -0.4 is 0 Å². The fourth-order valence-corrected chi connectivity index (χ4v) is 2.34. The van der Waals surface area contributed by atoms with E-state index in [-0.39, 0.29) is 0 Å². The number of ether oxygens (including phenoxy) is 1. The van der Waals surface area contributed by atoms with Crippen LogP contribution in [0.2, 0.25) is 0 Å². The van der Waals surface area contributed by atoms with E-state index in [1.54, 1.807) is 0 Å². The number of hydrogen-bond acceptors (Lipinski definition) is 2. The molecule has 0 heterocycles. The van der Waals surface area contributed by atoms with Gasteiger partial charge in [-0.3, -0.25) is 0 Å². The van der Waals surface area contributed by atoms with Crippen LogP contribution in [0.25, 0.3) is 10.4 Å². The minimum atomic E-state index is 0.478. The third-order valence-corrected chi connectivity index (χ3v) is 3.22. The van der Waals surface area contributed by atoms with Crippen molar-refractivity contribution in [2.75, 3.05) is 13.2 Å². The van der Waals surface area contributed by atoms with Crippen molar-refractivity contribution in [1.82, 2.24) is 0 Å². The Morgan fingerprint density at radius 3 is 2.65 bits per heavy atom. The lowest BCUT2D eigenvalue weighted by molar-refractivity contribution is 0.113. The van der Waals surface area contributed by atoms with Gasteiger partial charge in [-0.05, 0) is 42.2 Å². The lowest BCUT2D eigenvalue weighted by atomic mass is 9.93. The van der Waals surface area contributed by atoms with Crippen molar-refractivity contribution in [1.29, 1.82) is 0 Å². The first-order chi connectivity index (χ1) is 9.72. The zero-order valence-corrected chi connectivity index (χ0v) is 12.5. The van der Waals surface area contributed by atoms with Crippen molar-refractivity contribution < 1.29 is 4.74 Å². The normalized spacial score (nSPS) is 12.2. The molecule has 110 valence electrons. The topological polar surface area (TPSA) is 58.0 Å². The summed E-state index contributed by atoms with van der Waals surface area (Å²) in [7, 11) is 0. The molecule has 0 aromatic heterocycles. The van der Waals surface area contributed by atoms with E-state index >= 15 is 0 Å². The van der Waals surface area contributed by atoms with E-state index in [1.165, 1.54) is 5.56 Å². The zero-order valence-electron chi connectivity index (χ0n) is 12.5. The Hall–Kier alpha value is -1.51. The highest BCUT2D eigenvalue weighted by Crippen LogP contribution is 2.18. The van der Waals surface area contributed by atoms with E-state index in [0.717, 1.165) is 25.9 Å². The molecule has 20 heavy (non-hydrogen) atoms. The van der Waals surface area contributed by atoms with E-state index in [0.29, 0.717) is 25.0 Å². The highest BCUT2D eigenvalue weighted by atomic mass is 16.5. The van der Waals surface area contributed by atoms with Gasteiger partial charge < -0.3 is 4.74 Å². The molecule has 0 radical (unpaired) electrons. The Kier molecular flexibility index (Phi) is 8.52. The molecule has 0 unspecified atom stereocenters. The predicted octanol–water partition coefficient (Wildman–Crippen LogP) is 4.96. The summed E-state index contributed by atoms with van der Waals surface area (Å²) in [6, 6.07) is 10.2. The molecule has 4 heteroatoms. The van der Waals surface area contributed by atoms with E-state index in [1.807, 2.05) is 18.2 Å². The molecule has 4 nitrogen and oxygen atoms in total. The highest BCUT2D eigenvalue weighted by Gasteiger charge is 2.09. The Labute approximate surface area is 121 Å². The van der Waals surface area contributed by atoms with Crippen LogP contribution in [0.4, 0.5) is 0 Å². The number of hydrogen-bond donors (Lipinski definition) is 0. The second kappa shape index (κ2) is 10.3. The molecule has 1 aromatic rings. The van der Waals surface area contributed by atoms with Gasteiger partial charge in [-0.25, -0.2) is 0 Å². The molecule has 0 amide bonds. The summed E-state index contributed by atoms with van der Waals surface area (Å²) < 4.78 is 5.68. The predicted molar refractivity (Wildman–Crippen MR) is 82.3 cm³/mol. The third kappa shape index (κ3) is 7.82. The summed E-state index contributed by atoms with van der Waals surface area (Å²) in [5.41, 5.74) is 9.63. The first kappa shape index (κ1) is 16.5. The molecule has 1 atom stereocenters. The summed E-state index contributed by atoms with van der Waals surface area (Å²) >= 11 is 0. The van der Waals surface area contributed by atoms with Crippen molar-refractivity contribution >= 4 is 0 Å². The summed E-state index contributed by atoms with van der Waals surface area (Å²) in [5.74, 6) is 1.12. The molecular weight excluding hydrogens is 250 g/mol. The van der Waals surface area contributed by atoms with Crippen LogP contribution in [-0.4, -0.2) is 13.2 Å². The van der Waals surface area contributed by atoms with Crippen LogP contribution in [0.15, 0.2) is 35.4 Å². The first-order valence-corrected chi connectivity index (χ1v) is 7.35. The fourth-order valence-electron chi connectivity index (χ4n) is 2.34. The maximum atomic E-state index is 8.42. The van der Waals surface area contributed by atoms with Crippen molar-refractivity contribution in [3.05, 3.63) is 46.3 Å². The monoisotopic (exact) mass is 275 g/mol. The van der Waals surface area contributed by atoms with Gasteiger partial charge in [-0.15, -0.1) is 0 Å². The van der Waals surface area contributed by atoms with Gasteiger partial charge in [0.1, 0.15) is 0 Å². The van der Waals surface area contributed by atoms with Crippen molar-refractivity contribution in [3.8, 4) is 0 Å². The van der Waals surface area contributed by atoms with Gasteiger partial charge >= 0.3 is 0 Å². The number of azide groups is 1. The van der Waals surface area contributed by atoms with Crippen LogP contribution in [0.5, 0.6) is 0 Å². The molecule has 0 fully saturated rings. The average Bonchev–Trinajstić information content (AvgIpc) is 2.44. The summed E-state index contributed by atoms with van der Waals surface area (Å²) in [6.45, 7) is 6.45. The standard InChI is InChI=1S/C16H25N3O/c1-14(2)11-16(12-18-19-17)9-6-10-20-13-15-7-4-3-5-8-15/h3-5,7-8,14,16H,6,9-13H2,1-2H3/t16-/m0/s1. The van der Waals surface area contributed by atoms with Crippen LogP contribution in [0.1, 0.15) is 38.7 Å². The Bertz CT molecular complexity index is 399. The van der Waals surface area contributed by atoms with E-state index in [2.05, 4.69) is 36.0 Å². The third-order valence-electron chi connectivity index (χ3n) is 3.22. The maximum absolute atomic E-state index is 8.42. The molecule has 1 rings (SSSR count). The minimum absolute atomic E-state index is 0.478. The van der Waals surface area contributed by atoms with Gasteiger partial charge in [0, 0.05) is 18.1 Å². The maximum Gasteiger partial charge on any atom is 0.0716 e.